The lowest BCUT2D eigenvalue weighted by Crippen LogP contribution is -2.11. The Hall–Kier alpha value is -2.74. The van der Waals surface area contributed by atoms with E-state index in [1.54, 1.807) is 7.11 Å². The first-order valence-corrected chi connectivity index (χ1v) is 9.66. The van der Waals surface area contributed by atoms with Crippen LogP contribution in [0.3, 0.4) is 0 Å². The number of aryl methyl sites for hydroxylation is 1. The minimum absolute atomic E-state index is 0.0838. The molecule has 0 fully saturated rings. The fourth-order valence-electron chi connectivity index (χ4n) is 2.50. The van der Waals surface area contributed by atoms with Gasteiger partial charge in [0.25, 0.3) is 0 Å². The third kappa shape index (κ3) is 4.91. The molecule has 2 aromatic heterocycles. The zero-order chi connectivity index (χ0) is 19.2. The van der Waals surface area contributed by atoms with Crippen LogP contribution in [0, 0.1) is 0 Å². The molecule has 0 radical (unpaired) electrons. The van der Waals surface area contributed by atoms with E-state index in [4.69, 9.17) is 9.26 Å². The number of aromatic nitrogens is 3. The molecule has 8 heteroatoms. The Balaban J connectivity index is 1.52. The average Bonchev–Trinajstić information content (AvgIpc) is 3.31. The summed E-state index contributed by atoms with van der Waals surface area (Å²) in [6.45, 7) is 4.02. The maximum atomic E-state index is 12.1. The second kappa shape index (κ2) is 8.77. The molecule has 3 rings (SSSR count). The fourth-order valence-corrected chi connectivity index (χ4v) is 3.22. The van der Waals surface area contributed by atoms with Crippen LogP contribution in [0.2, 0.25) is 0 Å². The molecule has 1 amide bonds. The molecule has 0 atom stereocenters. The van der Waals surface area contributed by atoms with E-state index in [2.05, 4.69) is 20.4 Å². The normalized spacial score (nSPS) is 11.0. The van der Waals surface area contributed by atoms with Crippen LogP contribution in [-0.2, 0) is 11.2 Å². The first-order valence-electron chi connectivity index (χ1n) is 8.78. The van der Waals surface area contributed by atoms with Gasteiger partial charge in [0.15, 0.2) is 11.0 Å². The molecule has 0 aliphatic rings. The van der Waals surface area contributed by atoms with Crippen LogP contribution < -0.4 is 10.1 Å². The lowest BCUT2D eigenvalue weighted by atomic mass is 10.1. The van der Waals surface area contributed by atoms with E-state index in [0.717, 1.165) is 17.0 Å². The monoisotopic (exact) mass is 386 g/mol. The van der Waals surface area contributed by atoms with Crippen molar-refractivity contribution in [1.29, 1.82) is 0 Å². The van der Waals surface area contributed by atoms with E-state index in [9.17, 15) is 4.79 Å². The molecule has 0 aliphatic heterocycles. The molecule has 142 valence electrons. The number of thiazole rings is 1. The minimum atomic E-state index is -0.0838. The van der Waals surface area contributed by atoms with Gasteiger partial charge in [-0.25, -0.2) is 4.98 Å². The highest BCUT2D eigenvalue weighted by atomic mass is 32.1. The predicted octanol–water partition coefficient (Wildman–Crippen LogP) is 4.29. The molecule has 0 aliphatic carbocycles. The highest BCUT2D eigenvalue weighted by Gasteiger charge is 2.13. The number of benzene rings is 1. The largest absolute Gasteiger partial charge is 0.496 e. The minimum Gasteiger partial charge on any atom is -0.496 e. The molecular formula is C19H22N4O3S. The Bertz CT molecular complexity index is 904. The lowest BCUT2D eigenvalue weighted by molar-refractivity contribution is -0.116. The number of rotatable bonds is 8. The number of nitrogens with zero attached hydrogens (tertiary/aromatic N) is 3. The zero-order valence-electron chi connectivity index (χ0n) is 15.6. The van der Waals surface area contributed by atoms with E-state index < -0.39 is 0 Å². The van der Waals surface area contributed by atoms with Gasteiger partial charge >= 0.3 is 0 Å². The summed E-state index contributed by atoms with van der Waals surface area (Å²) in [4.78, 5) is 20.9. The van der Waals surface area contributed by atoms with Crippen molar-refractivity contribution in [3.05, 3.63) is 41.4 Å². The number of nitrogens with one attached hydrogen (secondary N) is 1. The van der Waals surface area contributed by atoms with Gasteiger partial charge in [0.2, 0.25) is 11.8 Å². The Labute approximate surface area is 161 Å². The van der Waals surface area contributed by atoms with Crippen molar-refractivity contribution < 1.29 is 14.1 Å². The summed E-state index contributed by atoms with van der Waals surface area (Å²) in [5, 5.41) is 9.23. The highest BCUT2D eigenvalue weighted by Crippen LogP contribution is 2.31. The van der Waals surface area contributed by atoms with Crippen molar-refractivity contribution in [3.8, 4) is 17.0 Å². The first kappa shape index (κ1) is 19.0. The Morgan fingerprint density at radius 2 is 2.11 bits per heavy atom. The van der Waals surface area contributed by atoms with Gasteiger partial charge in [-0.1, -0.05) is 31.1 Å². The number of carbonyl (C=O) groups is 1. The molecule has 7 nitrogen and oxygen atoms in total. The molecule has 27 heavy (non-hydrogen) atoms. The van der Waals surface area contributed by atoms with Crippen LogP contribution in [0.4, 0.5) is 5.13 Å². The molecular weight excluding hydrogens is 364 g/mol. The molecule has 1 aromatic carbocycles. The quantitative estimate of drug-likeness (QED) is 0.621. The van der Waals surface area contributed by atoms with Crippen molar-refractivity contribution in [3.63, 3.8) is 0 Å². The number of hydrogen-bond acceptors (Lipinski definition) is 7. The summed E-state index contributed by atoms with van der Waals surface area (Å²) in [6, 6.07) is 7.66. The van der Waals surface area contributed by atoms with Gasteiger partial charge in [0.05, 0.1) is 12.8 Å². The standard InChI is InChI=1S/C19H22N4O3S/c1-12(2)18-22-17(26-23-18)10-6-9-16(24)21-19-20-14(11-27-19)13-7-4-5-8-15(13)25-3/h4-5,7-8,11-12H,6,9-10H2,1-3H3,(H,20,21,24). The molecule has 0 spiro atoms. The van der Waals surface area contributed by atoms with Gasteiger partial charge < -0.3 is 14.6 Å². The van der Waals surface area contributed by atoms with Gasteiger partial charge in [-0.15, -0.1) is 11.3 Å². The maximum absolute atomic E-state index is 12.1. The van der Waals surface area contributed by atoms with Gasteiger partial charge in [-0.3, -0.25) is 4.79 Å². The Morgan fingerprint density at radius 3 is 2.85 bits per heavy atom. The number of hydrogen-bond donors (Lipinski definition) is 1. The van der Waals surface area contributed by atoms with Gasteiger partial charge in [0, 0.05) is 29.7 Å². The number of amides is 1. The number of methoxy groups -OCH3 is 1. The van der Waals surface area contributed by atoms with E-state index in [1.807, 2.05) is 43.5 Å². The Morgan fingerprint density at radius 1 is 1.30 bits per heavy atom. The van der Waals surface area contributed by atoms with Crippen molar-refractivity contribution >= 4 is 22.4 Å². The van der Waals surface area contributed by atoms with Gasteiger partial charge in [-0.2, -0.15) is 4.98 Å². The number of para-hydroxylation sites is 1. The molecule has 0 unspecified atom stereocenters. The number of anilines is 1. The predicted molar refractivity (Wildman–Crippen MR) is 104 cm³/mol. The summed E-state index contributed by atoms with van der Waals surface area (Å²) >= 11 is 1.39. The SMILES string of the molecule is COc1ccccc1-c1csc(NC(=O)CCCc2nc(C(C)C)no2)n1. The number of ether oxygens (including phenoxy) is 1. The fraction of sp³-hybridized carbons (Fsp3) is 0.368. The van der Waals surface area contributed by atoms with E-state index in [1.165, 1.54) is 11.3 Å². The highest BCUT2D eigenvalue weighted by molar-refractivity contribution is 7.14. The van der Waals surface area contributed by atoms with Crippen LogP contribution >= 0.6 is 11.3 Å². The maximum Gasteiger partial charge on any atom is 0.226 e. The first-order chi connectivity index (χ1) is 13.1. The van der Waals surface area contributed by atoms with Crippen molar-refractivity contribution in [2.75, 3.05) is 12.4 Å². The van der Waals surface area contributed by atoms with Crippen molar-refractivity contribution in [2.24, 2.45) is 0 Å². The van der Waals surface area contributed by atoms with Crippen LogP contribution in [-0.4, -0.2) is 28.1 Å². The number of carbonyl (C=O) groups excluding carboxylic acids is 1. The summed E-state index contributed by atoms with van der Waals surface area (Å²) in [6.07, 6.45) is 1.58. The smallest absolute Gasteiger partial charge is 0.226 e. The lowest BCUT2D eigenvalue weighted by Gasteiger charge is -2.05. The molecule has 3 aromatic rings. The Kier molecular flexibility index (Phi) is 6.18. The van der Waals surface area contributed by atoms with E-state index in [0.29, 0.717) is 36.1 Å². The molecule has 0 saturated heterocycles. The summed E-state index contributed by atoms with van der Waals surface area (Å²) in [5.74, 6) is 2.16. The van der Waals surface area contributed by atoms with Crippen LogP contribution in [0.25, 0.3) is 11.3 Å². The van der Waals surface area contributed by atoms with Crippen LogP contribution in [0.1, 0.15) is 44.3 Å². The summed E-state index contributed by atoms with van der Waals surface area (Å²) < 4.78 is 10.5. The third-order valence-corrected chi connectivity index (χ3v) is 4.69. The van der Waals surface area contributed by atoms with Crippen LogP contribution in [0.15, 0.2) is 34.2 Å². The third-order valence-electron chi connectivity index (χ3n) is 3.93. The summed E-state index contributed by atoms with van der Waals surface area (Å²) in [5.41, 5.74) is 1.67. The van der Waals surface area contributed by atoms with Crippen LogP contribution in [0.5, 0.6) is 5.75 Å². The molecule has 0 saturated carbocycles. The molecule has 0 bridgehead atoms. The van der Waals surface area contributed by atoms with E-state index >= 15 is 0 Å². The molecule has 1 N–H and O–H groups in total. The van der Waals surface area contributed by atoms with E-state index in [-0.39, 0.29) is 11.8 Å². The second-order valence-electron chi connectivity index (χ2n) is 6.34. The van der Waals surface area contributed by atoms with Gasteiger partial charge in [0.1, 0.15) is 5.75 Å². The second-order valence-corrected chi connectivity index (χ2v) is 7.20. The van der Waals surface area contributed by atoms with Crippen molar-refractivity contribution in [1.82, 2.24) is 15.1 Å². The van der Waals surface area contributed by atoms with Crippen molar-refractivity contribution in [2.45, 2.75) is 39.0 Å². The average molecular weight is 386 g/mol. The van der Waals surface area contributed by atoms with Gasteiger partial charge in [-0.05, 0) is 18.6 Å². The topological polar surface area (TPSA) is 90.1 Å². The summed E-state index contributed by atoms with van der Waals surface area (Å²) in [7, 11) is 1.63. The molecule has 2 heterocycles. The zero-order valence-corrected chi connectivity index (χ0v) is 16.4.